The first-order chi connectivity index (χ1) is 12.8. The number of benzene rings is 2. The Morgan fingerprint density at radius 2 is 1.78 bits per heavy atom. The zero-order valence-corrected chi connectivity index (χ0v) is 15.6. The lowest BCUT2D eigenvalue weighted by atomic mass is 10.1. The Morgan fingerprint density at radius 1 is 1.15 bits per heavy atom. The highest BCUT2D eigenvalue weighted by Gasteiger charge is 2.31. The second-order valence-electron chi connectivity index (χ2n) is 6.36. The summed E-state index contributed by atoms with van der Waals surface area (Å²) in [6.07, 6.45) is 1.66. The monoisotopic (exact) mass is 383 g/mol. The highest BCUT2D eigenvalue weighted by Crippen LogP contribution is 2.22. The SMILES string of the molecule is CC(C)NC(=O)c1ccc(/C=C2\NC(=S)N(c3ccc(F)cc3)C2=O)cc1. The zero-order valence-electron chi connectivity index (χ0n) is 14.8. The van der Waals surface area contributed by atoms with Crippen LogP contribution in [0.2, 0.25) is 0 Å². The molecule has 2 aromatic rings. The van der Waals surface area contributed by atoms with Gasteiger partial charge >= 0.3 is 0 Å². The number of carbonyl (C=O) groups is 2. The molecule has 2 N–H and O–H groups in total. The maximum Gasteiger partial charge on any atom is 0.281 e. The minimum Gasteiger partial charge on any atom is -0.350 e. The van der Waals surface area contributed by atoms with Crippen molar-refractivity contribution in [2.75, 3.05) is 4.90 Å². The standard InChI is InChI=1S/C20H18FN3O2S/c1-12(2)22-18(25)14-5-3-13(4-6-14)11-17-19(26)24(20(27)23-17)16-9-7-15(21)8-10-16/h3-12H,1-2H3,(H,22,25)(H,23,27)/b17-11-. The van der Waals surface area contributed by atoms with E-state index in [1.165, 1.54) is 29.2 Å². The highest BCUT2D eigenvalue weighted by atomic mass is 32.1. The van der Waals surface area contributed by atoms with Crippen LogP contribution in [0.15, 0.2) is 54.2 Å². The minimum absolute atomic E-state index is 0.0538. The number of thiocarbonyl (C=S) groups is 1. The van der Waals surface area contributed by atoms with E-state index in [0.29, 0.717) is 16.9 Å². The molecule has 0 aromatic heterocycles. The fourth-order valence-electron chi connectivity index (χ4n) is 2.60. The summed E-state index contributed by atoms with van der Waals surface area (Å²) in [5, 5.41) is 5.92. The molecule has 0 aliphatic carbocycles. The number of hydrogen-bond donors (Lipinski definition) is 2. The number of rotatable bonds is 4. The van der Waals surface area contributed by atoms with Gasteiger partial charge in [-0.15, -0.1) is 0 Å². The van der Waals surface area contributed by atoms with E-state index in [4.69, 9.17) is 12.2 Å². The van der Waals surface area contributed by atoms with E-state index in [9.17, 15) is 14.0 Å². The molecule has 0 bridgehead atoms. The van der Waals surface area contributed by atoms with E-state index in [0.717, 1.165) is 5.56 Å². The summed E-state index contributed by atoms with van der Waals surface area (Å²) < 4.78 is 13.1. The van der Waals surface area contributed by atoms with Crippen molar-refractivity contribution >= 4 is 40.9 Å². The predicted molar refractivity (Wildman–Crippen MR) is 107 cm³/mol. The summed E-state index contributed by atoms with van der Waals surface area (Å²) in [5.74, 6) is -0.863. The molecule has 0 spiro atoms. The normalized spacial score (nSPS) is 15.4. The molecule has 27 heavy (non-hydrogen) atoms. The van der Waals surface area contributed by atoms with Gasteiger partial charge in [-0.3, -0.25) is 14.5 Å². The quantitative estimate of drug-likeness (QED) is 0.629. The first-order valence-electron chi connectivity index (χ1n) is 8.39. The summed E-state index contributed by atoms with van der Waals surface area (Å²) in [5.41, 5.74) is 2.09. The van der Waals surface area contributed by atoms with Gasteiger partial charge in [0, 0.05) is 11.6 Å². The predicted octanol–water partition coefficient (Wildman–Crippen LogP) is 3.23. The lowest BCUT2D eigenvalue weighted by Crippen LogP contribution is -2.30. The Balaban J connectivity index is 1.79. The average Bonchev–Trinajstić information content (AvgIpc) is 2.89. The summed E-state index contributed by atoms with van der Waals surface area (Å²) in [6.45, 7) is 3.79. The van der Waals surface area contributed by atoms with Gasteiger partial charge in [0.25, 0.3) is 11.8 Å². The number of amides is 2. The van der Waals surface area contributed by atoms with E-state index in [-0.39, 0.29) is 28.8 Å². The van der Waals surface area contributed by atoms with Crippen LogP contribution in [0.3, 0.4) is 0 Å². The van der Waals surface area contributed by atoms with Crippen LogP contribution in [0.5, 0.6) is 0 Å². The van der Waals surface area contributed by atoms with Gasteiger partial charge in [0.1, 0.15) is 11.5 Å². The molecular formula is C20H18FN3O2S. The number of nitrogens with one attached hydrogen (secondary N) is 2. The largest absolute Gasteiger partial charge is 0.350 e. The molecule has 138 valence electrons. The van der Waals surface area contributed by atoms with E-state index >= 15 is 0 Å². The summed E-state index contributed by atoms with van der Waals surface area (Å²) in [4.78, 5) is 25.9. The minimum atomic E-state index is -0.387. The van der Waals surface area contributed by atoms with Crippen LogP contribution < -0.4 is 15.5 Å². The Hall–Kier alpha value is -3.06. The average molecular weight is 383 g/mol. The van der Waals surface area contributed by atoms with Gasteiger partial charge in [0.15, 0.2) is 5.11 Å². The molecule has 0 unspecified atom stereocenters. The van der Waals surface area contributed by atoms with Crippen molar-refractivity contribution in [2.45, 2.75) is 19.9 Å². The number of carbonyl (C=O) groups excluding carboxylic acids is 2. The Bertz CT molecular complexity index is 921. The van der Waals surface area contributed by atoms with E-state index in [2.05, 4.69) is 10.6 Å². The van der Waals surface area contributed by atoms with Crippen molar-refractivity contribution in [1.29, 1.82) is 0 Å². The zero-order chi connectivity index (χ0) is 19.6. The van der Waals surface area contributed by atoms with Crippen molar-refractivity contribution in [3.8, 4) is 0 Å². The van der Waals surface area contributed by atoms with E-state index in [1.54, 1.807) is 30.3 Å². The van der Waals surface area contributed by atoms with Gasteiger partial charge in [-0.05, 0) is 74.1 Å². The lowest BCUT2D eigenvalue weighted by molar-refractivity contribution is -0.113. The third-order valence-corrected chi connectivity index (χ3v) is 4.15. The second kappa shape index (κ2) is 7.67. The van der Waals surface area contributed by atoms with E-state index in [1.807, 2.05) is 13.8 Å². The maximum absolute atomic E-state index is 13.1. The van der Waals surface area contributed by atoms with Crippen molar-refractivity contribution in [1.82, 2.24) is 10.6 Å². The first-order valence-corrected chi connectivity index (χ1v) is 8.79. The molecule has 1 saturated heterocycles. The van der Waals surface area contributed by atoms with Gasteiger partial charge in [-0.2, -0.15) is 0 Å². The third kappa shape index (κ3) is 4.20. The molecule has 0 atom stereocenters. The van der Waals surface area contributed by atoms with Crippen molar-refractivity contribution in [2.24, 2.45) is 0 Å². The number of halogens is 1. The smallest absolute Gasteiger partial charge is 0.281 e. The molecule has 3 rings (SSSR count). The molecular weight excluding hydrogens is 365 g/mol. The van der Waals surface area contributed by atoms with Crippen LogP contribution >= 0.6 is 12.2 Å². The Morgan fingerprint density at radius 3 is 2.37 bits per heavy atom. The van der Waals surface area contributed by atoms with Crippen LogP contribution in [0.1, 0.15) is 29.8 Å². The molecule has 2 amide bonds. The summed E-state index contributed by atoms with van der Waals surface area (Å²) in [7, 11) is 0. The van der Waals surface area contributed by atoms with Crippen molar-refractivity contribution < 1.29 is 14.0 Å². The van der Waals surface area contributed by atoms with Gasteiger partial charge in [0.2, 0.25) is 0 Å². The molecule has 1 fully saturated rings. The third-order valence-electron chi connectivity index (χ3n) is 3.87. The molecule has 5 nitrogen and oxygen atoms in total. The molecule has 7 heteroatoms. The fraction of sp³-hybridized carbons (Fsp3) is 0.150. The fourth-order valence-corrected chi connectivity index (χ4v) is 2.90. The van der Waals surface area contributed by atoms with Crippen molar-refractivity contribution in [3.63, 3.8) is 0 Å². The summed E-state index contributed by atoms with van der Waals surface area (Å²) in [6, 6.07) is 12.5. The molecule has 0 radical (unpaired) electrons. The molecule has 2 aromatic carbocycles. The topological polar surface area (TPSA) is 61.4 Å². The van der Waals surface area contributed by atoms with Gasteiger partial charge in [-0.25, -0.2) is 4.39 Å². The van der Waals surface area contributed by atoms with Crippen LogP contribution in [-0.4, -0.2) is 23.0 Å². The maximum atomic E-state index is 13.1. The van der Waals surface area contributed by atoms with Crippen molar-refractivity contribution in [3.05, 3.63) is 71.2 Å². The second-order valence-corrected chi connectivity index (χ2v) is 6.74. The molecule has 1 heterocycles. The van der Waals surface area contributed by atoms with E-state index < -0.39 is 0 Å². The number of nitrogens with zero attached hydrogens (tertiary/aromatic N) is 1. The van der Waals surface area contributed by atoms with Gasteiger partial charge < -0.3 is 10.6 Å². The highest BCUT2D eigenvalue weighted by molar-refractivity contribution is 7.80. The number of anilines is 1. The van der Waals surface area contributed by atoms with Crippen LogP contribution in [0.4, 0.5) is 10.1 Å². The van der Waals surface area contributed by atoms with Crippen LogP contribution in [0.25, 0.3) is 6.08 Å². The van der Waals surface area contributed by atoms with Gasteiger partial charge in [0.05, 0.1) is 5.69 Å². The lowest BCUT2D eigenvalue weighted by Gasteiger charge is -2.13. The Labute approximate surface area is 161 Å². The Kier molecular flexibility index (Phi) is 5.32. The molecule has 0 saturated carbocycles. The number of hydrogen-bond acceptors (Lipinski definition) is 3. The van der Waals surface area contributed by atoms with Gasteiger partial charge in [-0.1, -0.05) is 12.1 Å². The summed E-state index contributed by atoms with van der Waals surface area (Å²) >= 11 is 5.23. The molecule has 1 aliphatic heterocycles. The molecule has 1 aliphatic rings. The van der Waals surface area contributed by atoms with Crippen LogP contribution in [0, 0.1) is 5.82 Å². The van der Waals surface area contributed by atoms with Crippen LogP contribution in [-0.2, 0) is 4.79 Å². The first kappa shape index (κ1) is 18.7.